The molecule has 0 unspecified atom stereocenters. The van der Waals surface area contributed by atoms with Crippen molar-refractivity contribution in [2.24, 2.45) is 0 Å². The molecule has 0 saturated heterocycles. The third kappa shape index (κ3) is 3.63. The lowest BCUT2D eigenvalue weighted by Gasteiger charge is -2.08. The Morgan fingerprint density at radius 1 is 0.708 bits per heavy atom. The van der Waals surface area contributed by atoms with E-state index in [4.69, 9.17) is 0 Å². The molecule has 0 aliphatic heterocycles. The predicted octanol–water partition coefficient (Wildman–Crippen LogP) is 4.96. The van der Waals surface area contributed by atoms with Crippen molar-refractivity contribution < 1.29 is 4.79 Å². The molecule has 0 aromatic heterocycles. The van der Waals surface area contributed by atoms with Crippen LogP contribution in [0.15, 0.2) is 72.8 Å². The van der Waals surface area contributed by atoms with Gasteiger partial charge in [-0.3, -0.25) is 4.79 Å². The average Bonchev–Trinajstić information content (AvgIpc) is 2.63. The largest absolute Gasteiger partial charge is 0.388 e. The molecule has 1 amide bonds. The molecule has 0 fully saturated rings. The van der Waals surface area contributed by atoms with Gasteiger partial charge in [0.1, 0.15) is 0 Å². The highest BCUT2D eigenvalue weighted by molar-refractivity contribution is 6.04. The molecule has 0 aliphatic carbocycles. The fourth-order valence-corrected chi connectivity index (χ4v) is 2.48. The van der Waals surface area contributed by atoms with Crippen LogP contribution in [0.3, 0.4) is 0 Å². The van der Waals surface area contributed by atoms with Gasteiger partial charge in [-0.2, -0.15) is 0 Å². The van der Waals surface area contributed by atoms with Gasteiger partial charge in [-0.1, -0.05) is 42.0 Å². The van der Waals surface area contributed by atoms with Crippen molar-refractivity contribution in [3.05, 3.63) is 83.9 Å². The van der Waals surface area contributed by atoms with Crippen LogP contribution in [-0.2, 0) is 0 Å². The normalized spacial score (nSPS) is 10.2. The Kier molecular flexibility index (Phi) is 4.62. The molecule has 0 atom stereocenters. The lowest BCUT2D eigenvalue weighted by atomic mass is 10.0. The number of benzene rings is 3. The SMILES string of the molecule is CNc1ccc(NC(=O)c2ccc(-c3ccc(C)cc3)cc2)cc1. The highest BCUT2D eigenvalue weighted by Gasteiger charge is 2.06. The van der Waals surface area contributed by atoms with E-state index in [0.717, 1.165) is 22.5 Å². The summed E-state index contributed by atoms with van der Waals surface area (Å²) in [5, 5.41) is 5.96. The first-order valence-electron chi connectivity index (χ1n) is 7.92. The van der Waals surface area contributed by atoms with Crippen LogP contribution in [0, 0.1) is 6.92 Å². The Balaban J connectivity index is 1.72. The zero-order valence-electron chi connectivity index (χ0n) is 13.8. The molecule has 0 heterocycles. The maximum absolute atomic E-state index is 12.3. The maximum atomic E-state index is 12.3. The lowest BCUT2D eigenvalue weighted by molar-refractivity contribution is 0.102. The van der Waals surface area contributed by atoms with E-state index < -0.39 is 0 Å². The van der Waals surface area contributed by atoms with Crippen molar-refractivity contribution in [1.29, 1.82) is 0 Å². The van der Waals surface area contributed by atoms with E-state index in [1.165, 1.54) is 5.56 Å². The number of hydrogen-bond acceptors (Lipinski definition) is 2. The zero-order valence-corrected chi connectivity index (χ0v) is 13.8. The Morgan fingerprint density at radius 3 is 1.75 bits per heavy atom. The lowest BCUT2D eigenvalue weighted by Crippen LogP contribution is -2.11. The van der Waals surface area contributed by atoms with E-state index >= 15 is 0 Å². The van der Waals surface area contributed by atoms with Crippen LogP contribution in [0.4, 0.5) is 11.4 Å². The van der Waals surface area contributed by atoms with Crippen LogP contribution in [0.2, 0.25) is 0 Å². The summed E-state index contributed by atoms with van der Waals surface area (Å²) in [5.41, 5.74) is 5.92. The first-order chi connectivity index (χ1) is 11.7. The van der Waals surface area contributed by atoms with Gasteiger partial charge in [-0.15, -0.1) is 0 Å². The molecule has 0 bridgehead atoms. The van der Waals surface area contributed by atoms with E-state index in [1.807, 2.05) is 55.6 Å². The summed E-state index contributed by atoms with van der Waals surface area (Å²) >= 11 is 0. The number of anilines is 2. The number of amides is 1. The predicted molar refractivity (Wildman–Crippen MR) is 101 cm³/mol. The maximum Gasteiger partial charge on any atom is 0.255 e. The quantitative estimate of drug-likeness (QED) is 0.714. The summed E-state index contributed by atoms with van der Waals surface area (Å²) in [7, 11) is 1.86. The van der Waals surface area contributed by atoms with Crippen molar-refractivity contribution in [2.45, 2.75) is 6.92 Å². The van der Waals surface area contributed by atoms with Crippen molar-refractivity contribution in [1.82, 2.24) is 0 Å². The van der Waals surface area contributed by atoms with Gasteiger partial charge in [0, 0.05) is 24.0 Å². The van der Waals surface area contributed by atoms with Gasteiger partial charge < -0.3 is 10.6 Å². The Labute approximate surface area is 142 Å². The van der Waals surface area contributed by atoms with E-state index in [0.29, 0.717) is 5.56 Å². The number of hydrogen-bond donors (Lipinski definition) is 2. The van der Waals surface area contributed by atoms with Gasteiger partial charge in [0.05, 0.1) is 0 Å². The second kappa shape index (κ2) is 7.01. The average molecular weight is 316 g/mol. The van der Waals surface area contributed by atoms with E-state index in [-0.39, 0.29) is 5.91 Å². The fraction of sp³-hybridized carbons (Fsp3) is 0.0952. The molecule has 0 aliphatic rings. The van der Waals surface area contributed by atoms with Gasteiger partial charge in [-0.05, 0) is 54.4 Å². The number of carbonyl (C=O) groups excluding carboxylic acids is 1. The van der Waals surface area contributed by atoms with Crippen molar-refractivity contribution in [3.63, 3.8) is 0 Å². The highest BCUT2D eigenvalue weighted by atomic mass is 16.1. The van der Waals surface area contributed by atoms with Crippen molar-refractivity contribution in [3.8, 4) is 11.1 Å². The summed E-state index contributed by atoms with van der Waals surface area (Å²) in [5.74, 6) is -0.109. The topological polar surface area (TPSA) is 41.1 Å². The molecule has 120 valence electrons. The third-order valence-corrected chi connectivity index (χ3v) is 3.96. The minimum Gasteiger partial charge on any atom is -0.388 e. The molecule has 0 saturated carbocycles. The molecule has 3 aromatic carbocycles. The number of aryl methyl sites for hydroxylation is 1. The molecule has 0 spiro atoms. The molecule has 2 N–H and O–H groups in total. The smallest absolute Gasteiger partial charge is 0.255 e. The molecule has 24 heavy (non-hydrogen) atoms. The van der Waals surface area contributed by atoms with Gasteiger partial charge in [-0.25, -0.2) is 0 Å². The van der Waals surface area contributed by atoms with E-state index in [2.05, 4.69) is 41.8 Å². The van der Waals surface area contributed by atoms with E-state index in [9.17, 15) is 4.79 Å². The second-order valence-corrected chi connectivity index (χ2v) is 5.72. The summed E-state index contributed by atoms with van der Waals surface area (Å²) in [4.78, 5) is 12.3. The van der Waals surface area contributed by atoms with Crippen LogP contribution in [0.5, 0.6) is 0 Å². The van der Waals surface area contributed by atoms with Crippen molar-refractivity contribution >= 4 is 17.3 Å². The van der Waals surface area contributed by atoms with Crippen LogP contribution in [0.25, 0.3) is 11.1 Å². The molecule has 0 radical (unpaired) electrons. The minimum absolute atomic E-state index is 0.109. The molecule has 3 rings (SSSR count). The molecule has 3 heteroatoms. The highest BCUT2D eigenvalue weighted by Crippen LogP contribution is 2.21. The molecular formula is C21H20N2O. The molecule has 3 aromatic rings. The summed E-state index contributed by atoms with van der Waals surface area (Å²) < 4.78 is 0. The second-order valence-electron chi connectivity index (χ2n) is 5.72. The van der Waals surface area contributed by atoms with Crippen LogP contribution in [0.1, 0.15) is 15.9 Å². The monoisotopic (exact) mass is 316 g/mol. The van der Waals surface area contributed by atoms with E-state index in [1.54, 1.807) is 0 Å². The number of carbonyl (C=O) groups is 1. The van der Waals surface area contributed by atoms with Crippen LogP contribution >= 0.6 is 0 Å². The van der Waals surface area contributed by atoms with Gasteiger partial charge in [0.25, 0.3) is 5.91 Å². The van der Waals surface area contributed by atoms with Crippen molar-refractivity contribution in [2.75, 3.05) is 17.7 Å². The van der Waals surface area contributed by atoms with Crippen LogP contribution in [-0.4, -0.2) is 13.0 Å². The fourth-order valence-electron chi connectivity index (χ4n) is 2.48. The zero-order chi connectivity index (χ0) is 16.9. The summed E-state index contributed by atoms with van der Waals surface area (Å²) in [6.07, 6.45) is 0. The molecule has 3 nitrogen and oxygen atoms in total. The first kappa shape index (κ1) is 15.8. The third-order valence-electron chi connectivity index (χ3n) is 3.96. The Morgan fingerprint density at radius 2 is 1.21 bits per heavy atom. The van der Waals surface area contributed by atoms with Gasteiger partial charge in [0.2, 0.25) is 0 Å². The van der Waals surface area contributed by atoms with Crippen LogP contribution < -0.4 is 10.6 Å². The van der Waals surface area contributed by atoms with Gasteiger partial charge in [0.15, 0.2) is 0 Å². The minimum atomic E-state index is -0.109. The number of rotatable bonds is 4. The summed E-state index contributed by atoms with van der Waals surface area (Å²) in [6.45, 7) is 2.07. The standard InChI is InChI=1S/C21H20N2O/c1-15-3-5-16(6-4-15)17-7-9-18(10-8-17)21(24)23-20-13-11-19(22-2)12-14-20/h3-14,22H,1-2H3,(H,23,24). The number of nitrogens with one attached hydrogen (secondary N) is 2. The van der Waals surface area contributed by atoms with Gasteiger partial charge >= 0.3 is 0 Å². The molecular weight excluding hydrogens is 296 g/mol. The first-order valence-corrected chi connectivity index (χ1v) is 7.92. The summed E-state index contributed by atoms with van der Waals surface area (Å²) in [6, 6.07) is 23.6. The Bertz CT molecular complexity index is 819. The Hall–Kier alpha value is -3.07.